The molecule has 2 aromatic carbocycles. The number of hydrogen-bond donors (Lipinski definition) is 1. The minimum atomic E-state index is -0.532. The van der Waals surface area contributed by atoms with Gasteiger partial charge in [-0.25, -0.2) is 9.37 Å². The van der Waals surface area contributed by atoms with Crippen LogP contribution in [0.5, 0.6) is 5.75 Å². The van der Waals surface area contributed by atoms with Crippen LogP contribution in [0.25, 0.3) is 10.9 Å². The fourth-order valence-corrected chi connectivity index (χ4v) is 4.22. The molecule has 0 atom stereocenters. The number of hydrogen-bond acceptors (Lipinski definition) is 6. The van der Waals surface area contributed by atoms with Crippen LogP contribution in [0.15, 0.2) is 52.4 Å². The first-order valence-electron chi connectivity index (χ1n) is 10.2. The van der Waals surface area contributed by atoms with Crippen molar-refractivity contribution in [1.29, 1.82) is 0 Å². The van der Waals surface area contributed by atoms with E-state index in [0.29, 0.717) is 41.9 Å². The van der Waals surface area contributed by atoms with Gasteiger partial charge in [0, 0.05) is 13.0 Å². The molecule has 0 aliphatic rings. The topological polar surface area (TPSA) is 104 Å². The van der Waals surface area contributed by atoms with Gasteiger partial charge in [0.2, 0.25) is 5.91 Å². The van der Waals surface area contributed by atoms with Crippen LogP contribution in [0, 0.1) is 5.82 Å². The summed E-state index contributed by atoms with van der Waals surface area (Å²) in [5.74, 6) is -0.961. The third-order valence-corrected chi connectivity index (χ3v) is 5.90. The molecule has 0 fully saturated rings. The number of methoxy groups -OCH3 is 1. The number of unbranched alkanes of at least 4 members (excludes halogenated alkanes) is 2. The van der Waals surface area contributed by atoms with Crippen molar-refractivity contribution < 1.29 is 18.7 Å². The highest BCUT2D eigenvalue weighted by atomic mass is 32.2. The Morgan fingerprint density at radius 1 is 1.16 bits per heavy atom. The first kappa shape index (κ1) is 23.5. The molecule has 1 heterocycles. The number of ether oxygens (including phenoxy) is 1. The van der Waals surface area contributed by atoms with Gasteiger partial charge in [0.15, 0.2) is 10.9 Å². The molecule has 1 amide bonds. The molecule has 1 aromatic heterocycles. The van der Waals surface area contributed by atoms with Gasteiger partial charge in [-0.3, -0.25) is 19.0 Å². The van der Waals surface area contributed by atoms with Crippen molar-refractivity contribution in [2.75, 3.05) is 12.9 Å². The van der Waals surface area contributed by atoms with Crippen LogP contribution < -0.4 is 16.0 Å². The summed E-state index contributed by atoms with van der Waals surface area (Å²) in [5, 5.41) is 0.902. The Hall–Kier alpha value is -3.20. The monoisotopic (exact) mass is 457 g/mol. The van der Waals surface area contributed by atoms with Gasteiger partial charge in [-0.1, -0.05) is 30.3 Å². The van der Waals surface area contributed by atoms with Gasteiger partial charge < -0.3 is 10.5 Å². The summed E-state index contributed by atoms with van der Waals surface area (Å²) in [5.41, 5.74) is 5.66. The molecule has 9 heteroatoms. The average Bonchev–Trinajstić information content (AvgIpc) is 2.78. The average molecular weight is 458 g/mol. The molecule has 168 valence electrons. The molecule has 0 saturated heterocycles. The number of carbonyl (C=O) groups excluding carboxylic acids is 2. The number of ketones is 1. The number of amides is 1. The third kappa shape index (κ3) is 5.73. The van der Waals surface area contributed by atoms with E-state index >= 15 is 0 Å². The van der Waals surface area contributed by atoms with E-state index < -0.39 is 5.82 Å². The summed E-state index contributed by atoms with van der Waals surface area (Å²) in [7, 11) is 1.41. The number of para-hydroxylation sites is 1. The quantitative estimate of drug-likeness (QED) is 0.204. The van der Waals surface area contributed by atoms with Gasteiger partial charge >= 0.3 is 0 Å². The summed E-state index contributed by atoms with van der Waals surface area (Å²) in [6.45, 7) is 0.398. The van der Waals surface area contributed by atoms with Crippen LogP contribution in [-0.2, 0) is 11.3 Å². The number of rotatable bonds is 11. The highest BCUT2D eigenvalue weighted by Crippen LogP contribution is 2.24. The summed E-state index contributed by atoms with van der Waals surface area (Å²) in [6, 6.07) is 10.8. The predicted molar refractivity (Wildman–Crippen MR) is 122 cm³/mol. The summed E-state index contributed by atoms with van der Waals surface area (Å²) < 4.78 is 20.4. The van der Waals surface area contributed by atoms with Gasteiger partial charge in [0.25, 0.3) is 5.56 Å². The summed E-state index contributed by atoms with van der Waals surface area (Å²) in [6.07, 6.45) is 2.33. The van der Waals surface area contributed by atoms with Crippen molar-refractivity contribution in [2.24, 2.45) is 5.73 Å². The lowest BCUT2D eigenvalue weighted by Crippen LogP contribution is -2.24. The van der Waals surface area contributed by atoms with Crippen LogP contribution in [-0.4, -0.2) is 34.1 Å². The second-order valence-corrected chi connectivity index (χ2v) is 8.14. The first-order chi connectivity index (χ1) is 15.4. The van der Waals surface area contributed by atoms with Crippen molar-refractivity contribution in [3.05, 3.63) is 64.2 Å². The number of carbonyl (C=O) groups is 2. The number of nitrogens with zero attached hydrogens (tertiary/aromatic N) is 2. The minimum absolute atomic E-state index is 0.0354. The lowest BCUT2D eigenvalue weighted by molar-refractivity contribution is -0.118. The van der Waals surface area contributed by atoms with Crippen LogP contribution in [0.1, 0.15) is 36.0 Å². The molecular weight excluding hydrogens is 433 g/mol. The largest absolute Gasteiger partial charge is 0.496 e. The van der Waals surface area contributed by atoms with Gasteiger partial charge in [-0.05, 0) is 43.2 Å². The van der Waals surface area contributed by atoms with Crippen LogP contribution >= 0.6 is 11.8 Å². The zero-order valence-corrected chi connectivity index (χ0v) is 18.5. The number of benzene rings is 2. The van der Waals surface area contributed by atoms with Crippen molar-refractivity contribution in [3.8, 4) is 5.75 Å². The summed E-state index contributed by atoms with van der Waals surface area (Å²) >= 11 is 1.12. The van der Waals surface area contributed by atoms with Crippen molar-refractivity contribution >= 4 is 34.4 Å². The number of thioether (sulfide) groups is 1. The summed E-state index contributed by atoms with van der Waals surface area (Å²) in [4.78, 5) is 41.3. The van der Waals surface area contributed by atoms with Crippen molar-refractivity contribution in [1.82, 2.24) is 9.55 Å². The van der Waals surface area contributed by atoms with E-state index in [9.17, 15) is 18.8 Å². The number of primary amides is 1. The number of aromatic nitrogens is 2. The Kier molecular flexibility index (Phi) is 7.99. The molecule has 7 nitrogen and oxygen atoms in total. The molecule has 0 radical (unpaired) electrons. The fraction of sp³-hybridized carbons (Fsp3) is 0.304. The van der Waals surface area contributed by atoms with E-state index in [0.717, 1.165) is 24.2 Å². The Labute approximate surface area is 188 Å². The Morgan fingerprint density at radius 3 is 2.69 bits per heavy atom. The molecule has 0 aliphatic heterocycles. The molecule has 3 rings (SSSR count). The smallest absolute Gasteiger partial charge is 0.262 e. The normalized spacial score (nSPS) is 10.9. The van der Waals surface area contributed by atoms with E-state index in [-0.39, 0.29) is 34.3 Å². The predicted octanol–water partition coefficient (Wildman–Crippen LogP) is 3.56. The molecular formula is C23H24FN3O4S. The van der Waals surface area contributed by atoms with Gasteiger partial charge in [0.1, 0.15) is 11.6 Å². The Morgan fingerprint density at radius 2 is 1.94 bits per heavy atom. The highest BCUT2D eigenvalue weighted by molar-refractivity contribution is 7.99. The standard InChI is InChI=1S/C23H24FN3O4S/c1-31-20-11-10-15(24)13-17(20)19(28)14-32-23-26-18-8-5-4-7-16(18)22(30)27(23)12-6-2-3-9-21(25)29/h4-5,7-8,10-11,13H,2-3,6,9,12,14H2,1H3,(H2,25,29). The van der Waals surface area contributed by atoms with Gasteiger partial charge in [0.05, 0.1) is 29.3 Å². The number of Topliss-reactive ketones (excluding diaryl/α,β-unsaturated/α-hetero) is 1. The maximum atomic E-state index is 13.6. The first-order valence-corrected chi connectivity index (χ1v) is 11.2. The fourth-order valence-electron chi connectivity index (χ4n) is 3.31. The molecule has 32 heavy (non-hydrogen) atoms. The molecule has 2 N–H and O–H groups in total. The molecule has 3 aromatic rings. The van der Waals surface area contributed by atoms with Crippen LogP contribution in [0.4, 0.5) is 4.39 Å². The molecule has 0 unspecified atom stereocenters. The van der Waals surface area contributed by atoms with Gasteiger partial charge in [-0.15, -0.1) is 0 Å². The number of halogens is 1. The maximum Gasteiger partial charge on any atom is 0.262 e. The van der Waals surface area contributed by atoms with E-state index in [4.69, 9.17) is 10.5 Å². The van der Waals surface area contributed by atoms with E-state index in [2.05, 4.69) is 4.98 Å². The number of fused-ring (bicyclic) bond motifs is 1. The molecule has 0 bridgehead atoms. The van der Waals surface area contributed by atoms with Crippen LogP contribution in [0.2, 0.25) is 0 Å². The molecule has 0 saturated carbocycles. The molecule has 0 spiro atoms. The van der Waals surface area contributed by atoms with E-state index in [1.807, 2.05) is 0 Å². The zero-order chi connectivity index (χ0) is 23.1. The Balaban J connectivity index is 1.83. The lowest BCUT2D eigenvalue weighted by Gasteiger charge is -2.13. The van der Waals surface area contributed by atoms with E-state index in [1.165, 1.54) is 19.2 Å². The van der Waals surface area contributed by atoms with Crippen molar-refractivity contribution in [2.45, 2.75) is 37.4 Å². The Bertz CT molecular complexity index is 1200. The second-order valence-electron chi connectivity index (χ2n) is 7.20. The highest BCUT2D eigenvalue weighted by Gasteiger charge is 2.17. The van der Waals surface area contributed by atoms with Crippen molar-refractivity contribution in [3.63, 3.8) is 0 Å². The number of nitrogens with two attached hydrogens (primary N) is 1. The lowest BCUT2D eigenvalue weighted by atomic mass is 10.1. The third-order valence-electron chi connectivity index (χ3n) is 4.93. The SMILES string of the molecule is COc1ccc(F)cc1C(=O)CSc1nc2ccccc2c(=O)n1CCCCCC(N)=O. The maximum absolute atomic E-state index is 13.6. The zero-order valence-electron chi connectivity index (χ0n) is 17.7. The van der Waals surface area contributed by atoms with Gasteiger partial charge in [-0.2, -0.15) is 0 Å². The van der Waals surface area contributed by atoms with E-state index in [1.54, 1.807) is 28.8 Å². The second kappa shape index (κ2) is 10.9. The van der Waals surface area contributed by atoms with Crippen LogP contribution in [0.3, 0.4) is 0 Å². The minimum Gasteiger partial charge on any atom is -0.496 e. The molecule has 0 aliphatic carbocycles.